The number of alkyl halides is 1. The molecule has 0 unspecified atom stereocenters. The number of phenolic OH excluding ortho intramolecular Hbond substituents is 1. The van der Waals surface area contributed by atoms with Crippen molar-refractivity contribution in [2.75, 3.05) is 13.1 Å². The Kier molecular flexibility index (Phi) is 12.0. The molecule has 0 aromatic heterocycles. The first-order chi connectivity index (χ1) is 21.8. The molecule has 2 aromatic carbocycles. The molecule has 0 aliphatic heterocycles. The highest BCUT2D eigenvalue weighted by atomic mass is 19.1. The van der Waals surface area contributed by atoms with Crippen LogP contribution in [0.3, 0.4) is 0 Å². The number of halogens is 1. The second-order valence-electron chi connectivity index (χ2n) is 14.9. The number of carbonyl (C=O) groups excluding carboxylic acids is 1. The number of phenols is 1. The van der Waals surface area contributed by atoms with E-state index in [9.17, 15) is 15.0 Å². The fourth-order valence-electron chi connectivity index (χ4n) is 9.43. The van der Waals surface area contributed by atoms with Gasteiger partial charge >= 0.3 is 0 Å². The molecule has 0 saturated heterocycles. The lowest BCUT2D eigenvalue weighted by Gasteiger charge is -2.54. The molecule has 5 heteroatoms. The molecule has 3 aliphatic carbocycles. The van der Waals surface area contributed by atoms with Gasteiger partial charge in [-0.1, -0.05) is 88.8 Å². The molecular formula is C40H58FNO3. The van der Waals surface area contributed by atoms with Crippen LogP contribution in [0.1, 0.15) is 126 Å². The molecule has 4 nitrogen and oxygen atoms in total. The maximum atomic E-state index is 16.0. The largest absolute Gasteiger partial charge is 0.508 e. The van der Waals surface area contributed by atoms with Crippen LogP contribution >= 0.6 is 0 Å². The standard InChI is InChI=1S/C40H58FNO3/c1-3-4-5-12-24-42(37(45)19-14-17-29-15-9-8-10-16-29)25-13-7-6-11-18-30-26-31-27-32(43)20-21-33(31)39-35(41)28-40(2)34(38(30)39)22-23-36(40)44/h8-10,15-16,20-21,27,30,34-36,38-39,43-44H,3-7,11-14,17-19,22-26,28H2,1-2H3/t30-,34+,35+,36+,38+,39+,40+/m1/s1. The summed E-state index contributed by atoms with van der Waals surface area (Å²) >= 11 is 0. The summed E-state index contributed by atoms with van der Waals surface area (Å²) in [6.45, 7) is 6.08. The normalized spacial score (nSPS) is 28.7. The quantitative estimate of drug-likeness (QED) is 0.184. The van der Waals surface area contributed by atoms with E-state index >= 15 is 4.39 Å². The van der Waals surface area contributed by atoms with Crippen molar-refractivity contribution in [3.8, 4) is 5.75 Å². The molecule has 0 radical (unpaired) electrons. The van der Waals surface area contributed by atoms with E-state index in [0.717, 1.165) is 94.8 Å². The van der Waals surface area contributed by atoms with Crippen LogP contribution in [0.25, 0.3) is 0 Å². The van der Waals surface area contributed by atoms with Crippen LogP contribution in [0.15, 0.2) is 48.5 Å². The summed E-state index contributed by atoms with van der Waals surface area (Å²) in [6.07, 6.45) is 14.3. The predicted molar refractivity (Wildman–Crippen MR) is 181 cm³/mol. The van der Waals surface area contributed by atoms with Gasteiger partial charge in [0.1, 0.15) is 11.9 Å². The Morgan fingerprint density at radius 2 is 1.69 bits per heavy atom. The molecule has 0 bridgehead atoms. The van der Waals surface area contributed by atoms with Gasteiger partial charge < -0.3 is 15.1 Å². The average molecular weight is 620 g/mol. The zero-order valence-corrected chi connectivity index (χ0v) is 27.9. The summed E-state index contributed by atoms with van der Waals surface area (Å²) in [4.78, 5) is 15.3. The third-order valence-electron chi connectivity index (χ3n) is 11.9. The molecule has 45 heavy (non-hydrogen) atoms. The molecule has 5 rings (SSSR count). The van der Waals surface area contributed by atoms with E-state index in [4.69, 9.17) is 0 Å². The first kappa shape index (κ1) is 33.9. The Balaban J connectivity index is 1.13. The zero-order valence-electron chi connectivity index (χ0n) is 27.9. The molecule has 3 aliphatic rings. The van der Waals surface area contributed by atoms with E-state index in [0.29, 0.717) is 30.6 Å². The molecule has 7 atom stereocenters. The topological polar surface area (TPSA) is 60.8 Å². The molecule has 1 amide bonds. The molecular weight excluding hydrogens is 561 g/mol. The molecule has 2 N–H and O–H groups in total. The minimum Gasteiger partial charge on any atom is -0.508 e. The Morgan fingerprint density at radius 3 is 2.44 bits per heavy atom. The lowest BCUT2D eigenvalue weighted by Crippen LogP contribution is -2.51. The van der Waals surface area contributed by atoms with Gasteiger partial charge in [-0.3, -0.25) is 4.79 Å². The van der Waals surface area contributed by atoms with Crippen LogP contribution in [-0.4, -0.2) is 46.4 Å². The fourth-order valence-corrected chi connectivity index (χ4v) is 9.43. The summed E-state index contributed by atoms with van der Waals surface area (Å²) in [5.74, 6) is 1.42. The van der Waals surface area contributed by atoms with Crippen molar-refractivity contribution < 1.29 is 19.4 Å². The lowest BCUT2D eigenvalue weighted by atomic mass is 9.51. The first-order valence-corrected chi connectivity index (χ1v) is 18.3. The van der Waals surface area contributed by atoms with Crippen LogP contribution in [0.4, 0.5) is 4.39 Å². The molecule has 2 saturated carbocycles. The number of rotatable bonds is 16. The smallest absolute Gasteiger partial charge is 0.222 e. The monoisotopic (exact) mass is 619 g/mol. The number of hydrogen-bond donors (Lipinski definition) is 2. The number of aliphatic hydroxyl groups is 1. The average Bonchev–Trinajstić information content (AvgIpc) is 3.32. The van der Waals surface area contributed by atoms with Gasteiger partial charge in [0.25, 0.3) is 0 Å². The van der Waals surface area contributed by atoms with Crippen LogP contribution in [-0.2, 0) is 17.6 Å². The Hall–Kier alpha value is -2.40. The summed E-state index contributed by atoms with van der Waals surface area (Å²) in [5.41, 5.74) is 3.18. The molecule has 2 aromatic rings. The minimum atomic E-state index is -0.955. The van der Waals surface area contributed by atoms with Crippen molar-refractivity contribution in [1.82, 2.24) is 4.90 Å². The second-order valence-corrected chi connectivity index (χ2v) is 14.9. The maximum Gasteiger partial charge on any atom is 0.222 e. The number of fused-ring (bicyclic) bond motifs is 5. The zero-order chi connectivity index (χ0) is 31.8. The molecule has 0 heterocycles. The number of carbonyl (C=O) groups is 1. The molecule has 2 fully saturated rings. The van der Waals surface area contributed by atoms with E-state index in [1.165, 1.54) is 24.8 Å². The summed E-state index contributed by atoms with van der Waals surface area (Å²) in [6, 6.07) is 16.0. The highest BCUT2D eigenvalue weighted by Crippen LogP contribution is 2.63. The van der Waals surface area contributed by atoms with Crippen LogP contribution < -0.4 is 0 Å². The Bertz CT molecular complexity index is 1220. The van der Waals surface area contributed by atoms with E-state index in [2.05, 4.69) is 43.0 Å². The van der Waals surface area contributed by atoms with Gasteiger partial charge in [0, 0.05) is 25.4 Å². The van der Waals surface area contributed by atoms with E-state index in [1.54, 1.807) is 6.07 Å². The lowest BCUT2D eigenvalue weighted by molar-refractivity contribution is -0.131. The van der Waals surface area contributed by atoms with Crippen molar-refractivity contribution in [3.05, 3.63) is 65.2 Å². The van der Waals surface area contributed by atoms with E-state index in [-0.39, 0.29) is 23.0 Å². The van der Waals surface area contributed by atoms with E-state index < -0.39 is 12.3 Å². The van der Waals surface area contributed by atoms with Crippen molar-refractivity contribution in [1.29, 1.82) is 0 Å². The van der Waals surface area contributed by atoms with Gasteiger partial charge in [0.15, 0.2) is 0 Å². The number of benzene rings is 2. The highest BCUT2D eigenvalue weighted by Gasteiger charge is 2.59. The van der Waals surface area contributed by atoms with Gasteiger partial charge in [-0.05, 0) is 110 Å². The number of hydrogen-bond acceptors (Lipinski definition) is 3. The highest BCUT2D eigenvalue weighted by molar-refractivity contribution is 5.76. The Labute approximate surface area is 271 Å². The van der Waals surface area contributed by atoms with Gasteiger partial charge in [0.2, 0.25) is 5.91 Å². The van der Waals surface area contributed by atoms with Crippen molar-refractivity contribution in [3.63, 3.8) is 0 Å². The number of aryl methyl sites for hydroxylation is 1. The molecule has 248 valence electrons. The number of nitrogens with zero attached hydrogens (tertiary/aromatic N) is 1. The van der Waals surface area contributed by atoms with E-state index in [1.807, 2.05) is 18.2 Å². The van der Waals surface area contributed by atoms with Gasteiger partial charge in [-0.15, -0.1) is 0 Å². The van der Waals surface area contributed by atoms with Crippen LogP contribution in [0.5, 0.6) is 5.75 Å². The second kappa shape index (κ2) is 15.9. The third kappa shape index (κ3) is 8.13. The number of amides is 1. The maximum absolute atomic E-state index is 16.0. The van der Waals surface area contributed by atoms with Crippen molar-refractivity contribution in [2.24, 2.45) is 23.2 Å². The van der Waals surface area contributed by atoms with Gasteiger partial charge in [0.05, 0.1) is 6.10 Å². The van der Waals surface area contributed by atoms with Crippen molar-refractivity contribution in [2.45, 2.75) is 135 Å². The number of aromatic hydroxyl groups is 1. The van der Waals surface area contributed by atoms with Crippen molar-refractivity contribution >= 4 is 5.91 Å². The Morgan fingerprint density at radius 1 is 0.956 bits per heavy atom. The third-order valence-corrected chi connectivity index (χ3v) is 11.9. The van der Waals surface area contributed by atoms with Crippen LogP contribution in [0, 0.1) is 23.2 Å². The summed E-state index contributed by atoms with van der Waals surface area (Å²) < 4.78 is 16.0. The number of unbranched alkanes of at least 4 members (excludes halogenated alkanes) is 6. The summed E-state index contributed by atoms with van der Waals surface area (Å²) in [7, 11) is 0. The minimum absolute atomic E-state index is 0.128. The molecule has 0 spiro atoms. The SMILES string of the molecule is CCCCCCN(CCCCCC[C@@H]1Cc2cc(O)ccc2[C@@H]2[C@@H]1[C@@H]1CC[C@H](O)[C@@]1(C)C[C@@H]2F)C(=O)CCCc1ccccc1. The fraction of sp³-hybridized carbons (Fsp3) is 0.675. The van der Waals surface area contributed by atoms with Gasteiger partial charge in [-0.25, -0.2) is 4.39 Å². The number of aliphatic hydroxyl groups excluding tert-OH is 1. The first-order valence-electron chi connectivity index (χ1n) is 18.3. The predicted octanol–water partition coefficient (Wildman–Crippen LogP) is 9.17. The van der Waals surface area contributed by atoms with Gasteiger partial charge in [-0.2, -0.15) is 0 Å². The van der Waals surface area contributed by atoms with Crippen LogP contribution in [0.2, 0.25) is 0 Å². The summed E-state index contributed by atoms with van der Waals surface area (Å²) in [5, 5.41) is 21.2.